The van der Waals surface area contributed by atoms with E-state index in [1.54, 1.807) is 24.3 Å². The number of ether oxygens (including phenoxy) is 1. The van der Waals surface area contributed by atoms with Crippen LogP contribution in [0, 0.1) is 20.2 Å². The average Bonchev–Trinajstić information content (AvgIpc) is 3.20. The number of hydrogen-bond acceptors (Lipinski definition) is 9. The summed E-state index contributed by atoms with van der Waals surface area (Å²) >= 11 is 1.24. The van der Waals surface area contributed by atoms with E-state index in [1.807, 2.05) is 12.1 Å². The van der Waals surface area contributed by atoms with Crippen LogP contribution in [-0.2, 0) is 10.1 Å². The van der Waals surface area contributed by atoms with Crippen LogP contribution in [-0.4, -0.2) is 34.9 Å². The Morgan fingerprint density at radius 3 is 2.30 bits per heavy atom. The van der Waals surface area contributed by atoms with E-state index in [4.69, 9.17) is 4.74 Å². The lowest BCUT2D eigenvalue weighted by Gasteiger charge is -2.14. The number of rotatable bonds is 6. The summed E-state index contributed by atoms with van der Waals surface area (Å²) in [5.74, 6) is 0.0189. The van der Waals surface area contributed by atoms with E-state index in [9.17, 15) is 33.2 Å². The molecule has 0 aliphatic rings. The van der Waals surface area contributed by atoms with Crippen LogP contribution in [0.3, 0.4) is 0 Å². The summed E-state index contributed by atoms with van der Waals surface area (Å²) in [6.45, 7) is 0. The zero-order valence-electron chi connectivity index (χ0n) is 16.7. The third-order valence-corrected chi connectivity index (χ3v) is 6.75. The van der Waals surface area contributed by atoms with Gasteiger partial charge in [0.2, 0.25) is 0 Å². The zero-order chi connectivity index (χ0) is 23.9. The fourth-order valence-corrected chi connectivity index (χ4v) is 5.13. The molecule has 3 aromatic carbocycles. The average molecular weight is 487 g/mol. The van der Waals surface area contributed by atoms with E-state index in [0.29, 0.717) is 16.6 Å². The number of aromatic nitrogens is 1. The number of hydrogen-bond donors (Lipinski definition) is 1. The summed E-state index contributed by atoms with van der Waals surface area (Å²) in [7, 11) is -3.82. The molecule has 33 heavy (non-hydrogen) atoms. The van der Waals surface area contributed by atoms with E-state index >= 15 is 0 Å². The van der Waals surface area contributed by atoms with E-state index < -0.39 is 41.8 Å². The molecule has 1 N–H and O–H groups in total. The van der Waals surface area contributed by atoms with Crippen molar-refractivity contribution < 1.29 is 27.6 Å². The second-order valence-electron chi connectivity index (χ2n) is 6.67. The van der Waals surface area contributed by atoms with Gasteiger partial charge in [0.25, 0.3) is 5.69 Å². The maximum Gasteiger partial charge on any atom is 0.305 e. The fraction of sp³-hybridized carbons (Fsp3) is 0.0500. The van der Waals surface area contributed by atoms with Crippen LogP contribution < -0.4 is 4.74 Å². The highest BCUT2D eigenvalue weighted by molar-refractivity contribution is 7.86. The fourth-order valence-electron chi connectivity index (χ4n) is 3.47. The van der Waals surface area contributed by atoms with E-state index in [0.717, 1.165) is 10.8 Å². The molecule has 0 unspecified atom stereocenters. The first kappa shape index (κ1) is 22.3. The van der Waals surface area contributed by atoms with Gasteiger partial charge in [0, 0.05) is 17.2 Å². The Labute approximate surface area is 190 Å². The number of thiazole rings is 1. The van der Waals surface area contributed by atoms with Gasteiger partial charge < -0.3 is 4.74 Å². The Kier molecular flexibility index (Phi) is 5.53. The molecular weight excluding hydrogens is 474 g/mol. The molecule has 0 aliphatic carbocycles. The van der Waals surface area contributed by atoms with Crippen LogP contribution in [0.2, 0.25) is 0 Å². The van der Waals surface area contributed by atoms with Gasteiger partial charge in [0.1, 0.15) is 16.3 Å². The van der Waals surface area contributed by atoms with Gasteiger partial charge in [-0.15, -0.1) is 11.3 Å². The summed E-state index contributed by atoms with van der Waals surface area (Å²) in [6.07, 6.45) is 0. The molecule has 0 radical (unpaired) electrons. The third kappa shape index (κ3) is 3.88. The molecule has 0 bridgehead atoms. The lowest BCUT2D eigenvalue weighted by molar-refractivity contribution is -0.394. The number of nitro groups is 2. The normalized spacial score (nSPS) is 11.5. The minimum Gasteiger partial charge on any atom is -0.496 e. The monoisotopic (exact) mass is 487 g/mol. The lowest BCUT2D eigenvalue weighted by Crippen LogP contribution is -2.07. The SMILES string of the molecule is COc1cccc(-c2nc3ccccc3s2)c1-c1c([N+](=O)[O-])ccc(S(=O)(=O)O)c1[N+](=O)[O-]. The Balaban J connectivity index is 2.19. The van der Waals surface area contributed by atoms with Gasteiger partial charge in [-0.05, 0) is 24.3 Å². The molecule has 11 nitrogen and oxygen atoms in total. The number of nitrogens with zero attached hydrogens (tertiary/aromatic N) is 3. The Bertz CT molecular complexity index is 1510. The summed E-state index contributed by atoms with van der Waals surface area (Å²) in [6, 6.07) is 13.1. The highest BCUT2D eigenvalue weighted by Gasteiger charge is 2.37. The number of fused-ring (bicyclic) bond motifs is 1. The van der Waals surface area contributed by atoms with E-state index in [-0.39, 0.29) is 16.9 Å². The molecule has 0 amide bonds. The van der Waals surface area contributed by atoms with Gasteiger partial charge in [0.15, 0.2) is 4.90 Å². The maximum atomic E-state index is 12.0. The van der Waals surface area contributed by atoms with Crippen molar-refractivity contribution in [2.24, 2.45) is 0 Å². The summed E-state index contributed by atoms with van der Waals surface area (Å²) < 4.78 is 39.5. The molecule has 1 aromatic heterocycles. The van der Waals surface area contributed by atoms with Gasteiger partial charge in [-0.25, -0.2) is 4.98 Å². The minimum atomic E-state index is -5.09. The van der Waals surface area contributed by atoms with Crippen LogP contribution >= 0.6 is 11.3 Å². The summed E-state index contributed by atoms with van der Waals surface area (Å²) in [5, 5.41) is 24.2. The molecule has 4 aromatic rings. The molecule has 4 rings (SSSR count). The van der Waals surface area contributed by atoms with Crippen LogP contribution in [0.4, 0.5) is 11.4 Å². The van der Waals surface area contributed by atoms with E-state index in [2.05, 4.69) is 4.98 Å². The molecule has 13 heteroatoms. The second-order valence-corrected chi connectivity index (χ2v) is 9.09. The van der Waals surface area contributed by atoms with Crippen molar-refractivity contribution in [2.75, 3.05) is 7.11 Å². The van der Waals surface area contributed by atoms with Crippen molar-refractivity contribution >= 4 is 43.0 Å². The van der Waals surface area contributed by atoms with Gasteiger partial charge >= 0.3 is 15.8 Å². The predicted octanol–water partition coefficient (Wildman–Crippen LogP) is 4.70. The molecule has 1 heterocycles. The highest BCUT2D eigenvalue weighted by Crippen LogP contribution is 2.50. The molecule has 0 saturated heterocycles. The number of nitro benzene ring substituents is 2. The third-order valence-electron chi connectivity index (χ3n) is 4.80. The van der Waals surface area contributed by atoms with Crippen molar-refractivity contribution in [1.82, 2.24) is 4.98 Å². The summed E-state index contributed by atoms with van der Waals surface area (Å²) in [4.78, 5) is 25.3. The van der Waals surface area contributed by atoms with Crippen molar-refractivity contribution in [3.8, 4) is 27.4 Å². The first-order valence-corrected chi connectivity index (χ1v) is 11.4. The Hall–Kier alpha value is -3.94. The first-order chi connectivity index (χ1) is 15.6. The Morgan fingerprint density at radius 2 is 1.70 bits per heavy atom. The summed E-state index contributed by atoms with van der Waals surface area (Å²) in [5.41, 5.74) is -1.69. The molecule has 0 atom stereocenters. The molecular formula is C20H13N3O8S2. The molecule has 0 fully saturated rings. The maximum absolute atomic E-state index is 12.0. The van der Waals surface area contributed by atoms with Gasteiger partial charge in [0.05, 0.1) is 27.2 Å². The Morgan fingerprint density at radius 1 is 0.970 bits per heavy atom. The number of benzene rings is 3. The van der Waals surface area contributed by atoms with Crippen molar-refractivity contribution in [1.29, 1.82) is 0 Å². The van der Waals surface area contributed by atoms with Crippen molar-refractivity contribution in [3.63, 3.8) is 0 Å². The van der Waals surface area contributed by atoms with Gasteiger partial charge in [-0.3, -0.25) is 24.8 Å². The van der Waals surface area contributed by atoms with Crippen LogP contribution in [0.15, 0.2) is 59.5 Å². The largest absolute Gasteiger partial charge is 0.496 e. The van der Waals surface area contributed by atoms with Gasteiger partial charge in [-0.2, -0.15) is 8.42 Å². The standard InChI is InChI=1S/C20H13N3O8S2/c1-31-14-7-4-5-11(20-21-12-6-2-3-8-15(12)32-20)17(14)18-13(22(24)25)9-10-16(33(28,29)30)19(18)23(26)27/h2-10H,1H3,(H,28,29,30). The van der Waals surface area contributed by atoms with Crippen LogP contribution in [0.25, 0.3) is 31.9 Å². The smallest absolute Gasteiger partial charge is 0.305 e. The number of para-hydroxylation sites is 1. The topological polar surface area (TPSA) is 163 Å². The second kappa shape index (κ2) is 8.20. The van der Waals surface area contributed by atoms with Crippen molar-refractivity contribution in [2.45, 2.75) is 4.90 Å². The molecule has 0 spiro atoms. The van der Waals surface area contributed by atoms with Crippen molar-refractivity contribution in [3.05, 3.63) is 74.8 Å². The number of methoxy groups -OCH3 is 1. The van der Waals surface area contributed by atoms with Gasteiger partial charge in [-0.1, -0.05) is 24.3 Å². The molecule has 168 valence electrons. The van der Waals surface area contributed by atoms with Crippen LogP contribution in [0.5, 0.6) is 5.75 Å². The highest BCUT2D eigenvalue weighted by atomic mass is 32.2. The van der Waals surface area contributed by atoms with Crippen LogP contribution in [0.1, 0.15) is 0 Å². The van der Waals surface area contributed by atoms with E-state index in [1.165, 1.54) is 24.5 Å². The molecule has 0 aliphatic heterocycles. The zero-order valence-corrected chi connectivity index (χ0v) is 18.3. The quantitative estimate of drug-likeness (QED) is 0.231. The first-order valence-electron chi connectivity index (χ1n) is 9.10. The minimum absolute atomic E-state index is 0.0189. The molecule has 0 saturated carbocycles. The lowest BCUT2D eigenvalue weighted by atomic mass is 9.95. The predicted molar refractivity (Wildman–Crippen MR) is 120 cm³/mol.